The summed E-state index contributed by atoms with van der Waals surface area (Å²) in [6.45, 7) is 0. The highest BCUT2D eigenvalue weighted by Gasteiger charge is 2.40. The number of phenols is 1. The fraction of sp³-hybridized carbons (Fsp3) is 0.114. The Morgan fingerprint density at radius 2 is 1.73 bits per heavy atom. The molecular formula is C35H28N6O3. The summed E-state index contributed by atoms with van der Waals surface area (Å²) in [6.07, 6.45) is 4.72. The van der Waals surface area contributed by atoms with Gasteiger partial charge in [0.1, 0.15) is 17.1 Å². The lowest BCUT2D eigenvalue weighted by Crippen LogP contribution is -2.50. The number of aromatic hydroxyl groups is 1. The minimum atomic E-state index is -0.540. The van der Waals surface area contributed by atoms with E-state index in [0.29, 0.717) is 34.7 Å². The number of amides is 1. The molecule has 3 aromatic carbocycles. The normalized spacial score (nSPS) is 13.7. The van der Waals surface area contributed by atoms with E-state index in [1.165, 1.54) is 18.2 Å². The van der Waals surface area contributed by atoms with Gasteiger partial charge in [0, 0.05) is 23.0 Å². The Labute approximate surface area is 253 Å². The van der Waals surface area contributed by atoms with Crippen LogP contribution < -0.4 is 11.1 Å². The third-order valence-corrected chi connectivity index (χ3v) is 8.31. The van der Waals surface area contributed by atoms with Gasteiger partial charge in [0.15, 0.2) is 17.8 Å². The zero-order chi connectivity index (χ0) is 30.3. The zero-order valence-corrected chi connectivity index (χ0v) is 23.6. The molecule has 0 spiro atoms. The number of aromatic nitrogens is 4. The van der Waals surface area contributed by atoms with Gasteiger partial charge in [-0.1, -0.05) is 42.5 Å². The Kier molecular flexibility index (Phi) is 6.62. The summed E-state index contributed by atoms with van der Waals surface area (Å²) in [7, 11) is 0. The maximum absolute atomic E-state index is 13.2. The number of fused-ring (bicyclic) bond motifs is 1. The molecule has 0 aliphatic heterocycles. The second-order valence-electron chi connectivity index (χ2n) is 10.9. The van der Waals surface area contributed by atoms with Crippen LogP contribution in [0, 0.1) is 0 Å². The van der Waals surface area contributed by atoms with E-state index in [2.05, 4.69) is 10.3 Å². The Morgan fingerprint density at radius 3 is 2.43 bits per heavy atom. The van der Waals surface area contributed by atoms with Crippen LogP contribution in [0.4, 0.5) is 5.82 Å². The minimum Gasteiger partial charge on any atom is -0.507 e. The van der Waals surface area contributed by atoms with E-state index in [9.17, 15) is 14.7 Å². The number of nitrogens with two attached hydrogens (primary N) is 1. The van der Waals surface area contributed by atoms with Gasteiger partial charge in [-0.3, -0.25) is 14.2 Å². The summed E-state index contributed by atoms with van der Waals surface area (Å²) in [4.78, 5) is 38.8. The smallest absolute Gasteiger partial charge is 0.252 e. The first kappa shape index (κ1) is 27.0. The highest BCUT2D eigenvalue weighted by atomic mass is 16.3. The van der Waals surface area contributed by atoms with E-state index in [0.717, 1.165) is 47.3 Å². The molecular weight excluding hydrogens is 552 g/mol. The van der Waals surface area contributed by atoms with Gasteiger partial charge in [-0.15, -0.1) is 0 Å². The van der Waals surface area contributed by atoms with E-state index >= 15 is 0 Å². The SMILES string of the molecule is Nc1ncccc1-c1nc2ccc(-c3ccccc3)nc2n1-c1ccc(C2(NC(=O)c3ccc(O)c(C=O)c3)CCC2)cc1. The molecule has 7 rings (SSSR count). The molecule has 9 nitrogen and oxygen atoms in total. The number of nitrogen functional groups attached to an aromatic ring is 1. The third-order valence-electron chi connectivity index (χ3n) is 8.31. The number of hydrogen-bond acceptors (Lipinski definition) is 7. The fourth-order valence-electron chi connectivity index (χ4n) is 5.78. The van der Waals surface area contributed by atoms with Crippen LogP contribution in [-0.4, -0.2) is 36.8 Å². The zero-order valence-electron chi connectivity index (χ0n) is 23.6. The Bertz CT molecular complexity index is 2030. The second-order valence-corrected chi connectivity index (χ2v) is 10.9. The predicted octanol–water partition coefficient (Wildman–Crippen LogP) is 6.06. The van der Waals surface area contributed by atoms with Crippen LogP contribution in [0.15, 0.2) is 103 Å². The lowest BCUT2D eigenvalue weighted by Gasteiger charge is -2.43. The summed E-state index contributed by atoms with van der Waals surface area (Å²) < 4.78 is 1.99. The van der Waals surface area contributed by atoms with Gasteiger partial charge in [0.25, 0.3) is 5.91 Å². The molecule has 0 atom stereocenters. The molecule has 3 heterocycles. The number of pyridine rings is 2. The molecule has 4 N–H and O–H groups in total. The van der Waals surface area contributed by atoms with Gasteiger partial charge in [0.2, 0.25) is 0 Å². The summed E-state index contributed by atoms with van der Waals surface area (Å²) >= 11 is 0. The fourth-order valence-corrected chi connectivity index (χ4v) is 5.78. The number of imidazole rings is 1. The molecule has 1 fully saturated rings. The van der Waals surface area contributed by atoms with Crippen molar-refractivity contribution in [3.63, 3.8) is 0 Å². The number of aldehydes is 1. The van der Waals surface area contributed by atoms with Crippen molar-refractivity contribution < 1.29 is 14.7 Å². The molecule has 44 heavy (non-hydrogen) atoms. The average Bonchev–Trinajstić information content (AvgIpc) is 3.42. The van der Waals surface area contributed by atoms with Crippen LogP contribution in [0.5, 0.6) is 5.75 Å². The topological polar surface area (TPSA) is 136 Å². The molecule has 0 saturated heterocycles. The first-order valence-electron chi connectivity index (χ1n) is 14.3. The van der Waals surface area contributed by atoms with Crippen LogP contribution in [0.1, 0.15) is 45.5 Å². The molecule has 3 aromatic heterocycles. The molecule has 0 bridgehead atoms. The van der Waals surface area contributed by atoms with Gasteiger partial charge < -0.3 is 16.2 Å². The summed E-state index contributed by atoms with van der Waals surface area (Å²) in [5.41, 5.74) is 11.9. The summed E-state index contributed by atoms with van der Waals surface area (Å²) in [5.74, 6) is 0.535. The monoisotopic (exact) mass is 580 g/mol. The van der Waals surface area contributed by atoms with Gasteiger partial charge in [0.05, 0.1) is 22.4 Å². The van der Waals surface area contributed by atoms with E-state index in [4.69, 9.17) is 15.7 Å². The first-order chi connectivity index (χ1) is 21.5. The lowest BCUT2D eigenvalue weighted by atomic mass is 9.71. The van der Waals surface area contributed by atoms with Crippen molar-refractivity contribution in [2.45, 2.75) is 24.8 Å². The highest BCUT2D eigenvalue weighted by molar-refractivity contribution is 5.97. The van der Waals surface area contributed by atoms with Crippen molar-refractivity contribution in [1.29, 1.82) is 0 Å². The molecule has 216 valence electrons. The predicted molar refractivity (Wildman–Crippen MR) is 168 cm³/mol. The van der Waals surface area contributed by atoms with Crippen LogP contribution in [0.2, 0.25) is 0 Å². The Morgan fingerprint density at radius 1 is 0.932 bits per heavy atom. The van der Waals surface area contributed by atoms with Crippen molar-refractivity contribution in [3.8, 4) is 34.1 Å². The number of carbonyl (C=O) groups is 2. The van der Waals surface area contributed by atoms with E-state index in [-0.39, 0.29) is 17.2 Å². The van der Waals surface area contributed by atoms with Gasteiger partial charge in [-0.05, 0) is 79.4 Å². The molecule has 1 aliphatic carbocycles. The molecule has 0 unspecified atom stereocenters. The number of benzene rings is 3. The second kappa shape index (κ2) is 10.8. The van der Waals surface area contributed by atoms with Crippen molar-refractivity contribution in [2.75, 3.05) is 5.73 Å². The van der Waals surface area contributed by atoms with E-state index in [1.54, 1.807) is 6.20 Å². The number of anilines is 1. The quantitative estimate of drug-likeness (QED) is 0.195. The van der Waals surface area contributed by atoms with Crippen molar-refractivity contribution >= 4 is 29.2 Å². The lowest BCUT2D eigenvalue weighted by molar-refractivity contribution is 0.0823. The molecule has 1 saturated carbocycles. The maximum atomic E-state index is 13.2. The van der Waals surface area contributed by atoms with Gasteiger partial charge in [-0.2, -0.15) is 0 Å². The molecule has 1 amide bonds. The van der Waals surface area contributed by atoms with Crippen LogP contribution in [-0.2, 0) is 5.54 Å². The number of hydrogen-bond donors (Lipinski definition) is 3. The number of phenolic OH excluding ortho intramolecular Hbond substituents is 1. The van der Waals surface area contributed by atoms with Crippen molar-refractivity contribution in [2.24, 2.45) is 0 Å². The molecule has 6 aromatic rings. The van der Waals surface area contributed by atoms with Crippen molar-refractivity contribution in [1.82, 2.24) is 24.8 Å². The molecule has 9 heteroatoms. The summed E-state index contributed by atoms with van der Waals surface area (Å²) in [6, 6.07) is 29.9. The van der Waals surface area contributed by atoms with E-state index < -0.39 is 5.54 Å². The van der Waals surface area contributed by atoms with Crippen molar-refractivity contribution in [3.05, 3.63) is 120 Å². The molecule has 0 radical (unpaired) electrons. The average molecular weight is 581 g/mol. The maximum Gasteiger partial charge on any atom is 0.252 e. The Hall–Kier alpha value is -5.83. The van der Waals surface area contributed by atoms with E-state index in [1.807, 2.05) is 83.4 Å². The highest BCUT2D eigenvalue weighted by Crippen LogP contribution is 2.42. The number of rotatable bonds is 7. The number of nitrogens with one attached hydrogen (secondary N) is 1. The van der Waals surface area contributed by atoms with Crippen LogP contribution >= 0.6 is 0 Å². The number of carbonyl (C=O) groups excluding carboxylic acids is 2. The van der Waals surface area contributed by atoms with Gasteiger partial charge in [-0.25, -0.2) is 15.0 Å². The number of nitrogens with zero attached hydrogens (tertiary/aromatic N) is 4. The largest absolute Gasteiger partial charge is 0.507 e. The van der Waals surface area contributed by atoms with Gasteiger partial charge >= 0.3 is 0 Å². The minimum absolute atomic E-state index is 0.0753. The Balaban J connectivity index is 1.29. The molecule has 1 aliphatic rings. The standard InChI is InChI=1S/C35H28N6O3/c36-31-27(8-4-19-37-31)32-39-29-15-14-28(22-6-2-1-3-7-22)38-33(29)41(32)26-12-10-25(11-13-26)35(17-5-18-35)40-34(44)23-9-16-30(43)24(20-23)21-42/h1-4,6-16,19-21,43H,5,17-18H2,(H2,36,37)(H,40,44). The summed E-state index contributed by atoms with van der Waals surface area (Å²) in [5, 5.41) is 13.0. The third kappa shape index (κ3) is 4.64. The van der Waals surface area contributed by atoms with Crippen LogP contribution in [0.3, 0.4) is 0 Å². The van der Waals surface area contributed by atoms with Crippen LogP contribution in [0.25, 0.3) is 39.5 Å². The first-order valence-corrected chi connectivity index (χ1v) is 14.3.